The van der Waals surface area contributed by atoms with E-state index in [4.69, 9.17) is 4.74 Å². The first-order chi connectivity index (χ1) is 9.02. The van der Waals surface area contributed by atoms with E-state index < -0.39 is 9.84 Å². The number of hydrogen-bond donors (Lipinski definition) is 1. The third-order valence-corrected chi connectivity index (χ3v) is 4.75. The lowest BCUT2D eigenvalue weighted by Gasteiger charge is -2.25. The molecule has 1 heterocycles. The Bertz CT molecular complexity index is 534. The lowest BCUT2D eigenvalue weighted by molar-refractivity contribution is 0.379. The second kappa shape index (κ2) is 5.92. The Labute approximate surface area is 115 Å². The number of hydrogen-bond acceptors (Lipinski definition) is 4. The Balaban J connectivity index is 2.35. The standard InChI is InChI=1S/C14H21NO3S/c1-18-13-7-5-8-14(19(2,16)17)12(13)10-11-6-3-4-9-15-11/h5,7-8,11,15H,3-4,6,9-10H2,1-2H3. The highest BCUT2D eigenvalue weighted by atomic mass is 32.2. The Kier molecular flexibility index (Phi) is 4.47. The SMILES string of the molecule is COc1cccc(S(C)(=O)=O)c1CC1CCCCN1. The molecule has 2 rings (SSSR count). The average Bonchev–Trinajstić information content (AvgIpc) is 2.39. The van der Waals surface area contributed by atoms with Crippen LogP contribution in [0.2, 0.25) is 0 Å². The molecule has 0 aliphatic carbocycles. The molecule has 1 fully saturated rings. The van der Waals surface area contributed by atoms with Crippen molar-refractivity contribution in [3.63, 3.8) is 0 Å². The second-order valence-electron chi connectivity index (χ2n) is 5.06. The molecule has 5 heteroatoms. The van der Waals surface area contributed by atoms with Gasteiger partial charge in [0.05, 0.1) is 12.0 Å². The summed E-state index contributed by atoms with van der Waals surface area (Å²) in [5.74, 6) is 0.662. The Morgan fingerprint density at radius 3 is 2.74 bits per heavy atom. The van der Waals surface area contributed by atoms with Crippen LogP contribution in [0.5, 0.6) is 5.75 Å². The maximum atomic E-state index is 11.9. The number of benzene rings is 1. The van der Waals surface area contributed by atoms with Crippen molar-refractivity contribution in [3.8, 4) is 5.75 Å². The van der Waals surface area contributed by atoms with Gasteiger partial charge in [-0.15, -0.1) is 0 Å². The molecule has 106 valence electrons. The van der Waals surface area contributed by atoms with Gasteiger partial charge in [-0.3, -0.25) is 0 Å². The molecule has 1 saturated heterocycles. The molecule has 19 heavy (non-hydrogen) atoms. The third-order valence-electron chi connectivity index (χ3n) is 3.57. The Morgan fingerprint density at radius 2 is 2.16 bits per heavy atom. The van der Waals surface area contributed by atoms with E-state index in [0.29, 0.717) is 23.1 Å². The van der Waals surface area contributed by atoms with Crippen molar-refractivity contribution >= 4 is 9.84 Å². The van der Waals surface area contributed by atoms with E-state index in [1.165, 1.54) is 19.1 Å². The molecule has 1 unspecified atom stereocenters. The minimum absolute atomic E-state index is 0.338. The predicted octanol–water partition coefficient (Wildman–Crippen LogP) is 1.78. The van der Waals surface area contributed by atoms with Gasteiger partial charge >= 0.3 is 0 Å². The molecule has 1 aliphatic rings. The number of rotatable bonds is 4. The fraction of sp³-hybridized carbons (Fsp3) is 0.571. The summed E-state index contributed by atoms with van der Waals surface area (Å²) in [7, 11) is -1.64. The van der Waals surface area contributed by atoms with Gasteiger partial charge in [0.15, 0.2) is 9.84 Å². The van der Waals surface area contributed by atoms with E-state index in [2.05, 4.69) is 5.32 Å². The van der Waals surface area contributed by atoms with Crippen molar-refractivity contribution < 1.29 is 13.2 Å². The molecule has 0 saturated carbocycles. The van der Waals surface area contributed by atoms with Gasteiger partial charge in [0.25, 0.3) is 0 Å². The van der Waals surface area contributed by atoms with Crippen molar-refractivity contribution in [3.05, 3.63) is 23.8 Å². The maximum absolute atomic E-state index is 11.9. The van der Waals surface area contributed by atoms with E-state index >= 15 is 0 Å². The first-order valence-electron chi connectivity index (χ1n) is 6.61. The average molecular weight is 283 g/mol. The van der Waals surface area contributed by atoms with Crippen LogP contribution in [0, 0.1) is 0 Å². The fourth-order valence-corrected chi connectivity index (χ4v) is 3.59. The molecule has 1 aromatic carbocycles. The summed E-state index contributed by atoms with van der Waals surface area (Å²) in [4.78, 5) is 0.388. The van der Waals surface area contributed by atoms with Crippen LogP contribution in [0.3, 0.4) is 0 Å². The molecule has 4 nitrogen and oxygen atoms in total. The van der Waals surface area contributed by atoms with Gasteiger partial charge in [0.1, 0.15) is 5.75 Å². The Morgan fingerprint density at radius 1 is 1.37 bits per heavy atom. The minimum Gasteiger partial charge on any atom is -0.496 e. The number of nitrogens with one attached hydrogen (secondary N) is 1. The van der Waals surface area contributed by atoms with Gasteiger partial charge in [-0.1, -0.05) is 12.5 Å². The van der Waals surface area contributed by atoms with Crippen molar-refractivity contribution in [1.82, 2.24) is 5.32 Å². The van der Waals surface area contributed by atoms with Crippen LogP contribution in [0.1, 0.15) is 24.8 Å². The zero-order valence-electron chi connectivity index (χ0n) is 11.5. The monoisotopic (exact) mass is 283 g/mol. The lowest BCUT2D eigenvalue weighted by Crippen LogP contribution is -2.36. The largest absolute Gasteiger partial charge is 0.496 e. The van der Waals surface area contributed by atoms with Crippen molar-refractivity contribution in [2.45, 2.75) is 36.6 Å². The van der Waals surface area contributed by atoms with Crippen molar-refractivity contribution in [2.75, 3.05) is 19.9 Å². The molecule has 1 aliphatic heterocycles. The van der Waals surface area contributed by atoms with Crippen LogP contribution in [-0.2, 0) is 16.3 Å². The quantitative estimate of drug-likeness (QED) is 0.915. The molecule has 1 N–H and O–H groups in total. The van der Waals surface area contributed by atoms with Gasteiger partial charge in [-0.05, 0) is 37.9 Å². The minimum atomic E-state index is -3.22. The third kappa shape index (κ3) is 3.48. The first kappa shape index (κ1) is 14.3. The van der Waals surface area contributed by atoms with Gasteiger partial charge in [-0.25, -0.2) is 8.42 Å². The molecular formula is C14H21NO3S. The smallest absolute Gasteiger partial charge is 0.175 e. The highest BCUT2D eigenvalue weighted by molar-refractivity contribution is 7.90. The normalized spacial score (nSPS) is 20.2. The maximum Gasteiger partial charge on any atom is 0.175 e. The van der Waals surface area contributed by atoms with Crippen LogP contribution < -0.4 is 10.1 Å². The molecule has 0 spiro atoms. The molecular weight excluding hydrogens is 262 g/mol. The number of piperidine rings is 1. The van der Waals surface area contributed by atoms with E-state index in [0.717, 1.165) is 18.5 Å². The van der Waals surface area contributed by atoms with E-state index in [1.54, 1.807) is 19.2 Å². The zero-order chi connectivity index (χ0) is 13.9. The number of ether oxygens (including phenoxy) is 1. The van der Waals surface area contributed by atoms with Gasteiger partial charge in [0.2, 0.25) is 0 Å². The fourth-order valence-electron chi connectivity index (χ4n) is 2.63. The summed E-state index contributed by atoms with van der Waals surface area (Å²) in [5.41, 5.74) is 0.798. The van der Waals surface area contributed by atoms with Crippen LogP contribution in [0.25, 0.3) is 0 Å². The lowest BCUT2D eigenvalue weighted by atomic mass is 9.97. The van der Waals surface area contributed by atoms with Gasteiger partial charge in [-0.2, -0.15) is 0 Å². The second-order valence-corrected chi connectivity index (χ2v) is 7.04. The summed E-state index contributed by atoms with van der Waals surface area (Å²) < 4.78 is 29.1. The van der Waals surface area contributed by atoms with E-state index in [-0.39, 0.29) is 0 Å². The topological polar surface area (TPSA) is 55.4 Å². The molecule has 1 aromatic rings. The van der Waals surface area contributed by atoms with Gasteiger partial charge < -0.3 is 10.1 Å². The summed E-state index contributed by atoms with van der Waals surface area (Å²) >= 11 is 0. The molecule has 0 aromatic heterocycles. The molecule has 0 radical (unpaired) electrons. The van der Waals surface area contributed by atoms with E-state index in [1.807, 2.05) is 6.07 Å². The van der Waals surface area contributed by atoms with E-state index in [9.17, 15) is 8.42 Å². The number of sulfone groups is 1. The van der Waals surface area contributed by atoms with Gasteiger partial charge in [0, 0.05) is 17.9 Å². The Hall–Kier alpha value is -1.07. The van der Waals surface area contributed by atoms with Crippen LogP contribution >= 0.6 is 0 Å². The number of methoxy groups -OCH3 is 1. The summed E-state index contributed by atoms with van der Waals surface area (Å²) in [6.07, 6.45) is 5.43. The summed E-state index contributed by atoms with van der Waals surface area (Å²) in [5, 5.41) is 3.45. The van der Waals surface area contributed by atoms with Crippen molar-refractivity contribution in [2.24, 2.45) is 0 Å². The summed E-state index contributed by atoms with van der Waals surface area (Å²) in [6, 6.07) is 5.56. The first-order valence-corrected chi connectivity index (χ1v) is 8.51. The predicted molar refractivity (Wildman–Crippen MR) is 75.4 cm³/mol. The van der Waals surface area contributed by atoms with Crippen LogP contribution in [0.4, 0.5) is 0 Å². The zero-order valence-corrected chi connectivity index (χ0v) is 12.3. The van der Waals surface area contributed by atoms with Crippen LogP contribution in [-0.4, -0.2) is 34.4 Å². The van der Waals surface area contributed by atoms with Crippen LogP contribution in [0.15, 0.2) is 23.1 Å². The van der Waals surface area contributed by atoms with Crippen molar-refractivity contribution in [1.29, 1.82) is 0 Å². The molecule has 1 atom stereocenters. The highest BCUT2D eigenvalue weighted by Gasteiger charge is 2.21. The molecule has 0 bridgehead atoms. The summed E-state index contributed by atoms with van der Waals surface area (Å²) in [6.45, 7) is 1.01. The molecule has 0 amide bonds. The highest BCUT2D eigenvalue weighted by Crippen LogP contribution is 2.28.